The number of nitrogen functional groups attached to an aromatic ring is 1. The van der Waals surface area contributed by atoms with Crippen molar-refractivity contribution in [2.45, 2.75) is 13.8 Å². The number of nitrogens with zero attached hydrogens (tertiary/aromatic N) is 1. The SMILES string of the molecule is CNC(=O)C(C)(C)CNc1nc2ccc(N)cc2[nH]1. The summed E-state index contributed by atoms with van der Waals surface area (Å²) < 4.78 is 0. The molecular formula is C13H19N5O. The summed E-state index contributed by atoms with van der Waals surface area (Å²) in [6.45, 7) is 4.24. The number of hydrogen-bond acceptors (Lipinski definition) is 4. The van der Waals surface area contributed by atoms with Gasteiger partial charge in [0.05, 0.1) is 16.4 Å². The van der Waals surface area contributed by atoms with Crippen molar-refractivity contribution in [3.63, 3.8) is 0 Å². The van der Waals surface area contributed by atoms with Crippen LogP contribution in [0.15, 0.2) is 18.2 Å². The van der Waals surface area contributed by atoms with Gasteiger partial charge in [-0.25, -0.2) is 4.98 Å². The van der Waals surface area contributed by atoms with Gasteiger partial charge in [-0.3, -0.25) is 4.79 Å². The fraction of sp³-hybridized carbons (Fsp3) is 0.385. The first kappa shape index (κ1) is 13.2. The van der Waals surface area contributed by atoms with Crippen LogP contribution in [0.4, 0.5) is 11.6 Å². The van der Waals surface area contributed by atoms with Crippen molar-refractivity contribution < 1.29 is 4.79 Å². The average Bonchev–Trinajstić information content (AvgIpc) is 2.77. The smallest absolute Gasteiger partial charge is 0.227 e. The number of anilines is 2. The zero-order valence-corrected chi connectivity index (χ0v) is 11.4. The van der Waals surface area contributed by atoms with E-state index in [2.05, 4.69) is 20.6 Å². The number of hydrogen-bond donors (Lipinski definition) is 4. The number of carbonyl (C=O) groups excluding carboxylic acids is 1. The second-order valence-corrected chi connectivity index (χ2v) is 5.18. The van der Waals surface area contributed by atoms with E-state index in [0.29, 0.717) is 18.2 Å². The molecular weight excluding hydrogens is 242 g/mol. The number of rotatable bonds is 4. The van der Waals surface area contributed by atoms with Crippen LogP contribution in [0.5, 0.6) is 0 Å². The first-order valence-corrected chi connectivity index (χ1v) is 6.14. The molecule has 0 radical (unpaired) electrons. The molecule has 0 aliphatic rings. The molecule has 6 heteroatoms. The molecule has 102 valence electrons. The molecule has 2 aromatic rings. The molecule has 19 heavy (non-hydrogen) atoms. The summed E-state index contributed by atoms with van der Waals surface area (Å²) in [5.74, 6) is 0.623. The predicted octanol–water partition coefficient (Wildman–Crippen LogP) is 1.33. The summed E-state index contributed by atoms with van der Waals surface area (Å²) in [4.78, 5) is 19.2. The number of fused-ring (bicyclic) bond motifs is 1. The number of nitrogens with one attached hydrogen (secondary N) is 3. The van der Waals surface area contributed by atoms with Crippen molar-refractivity contribution in [3.05, 3.63) is 18.2 Å². The minimum Gasteiger partial charge on any atom is -0.399 e. The highest BCUT2D eigenvalue weighted by atomic mass is 16.2. The first-order chi connectivity index (χ1) is 8.92. The Balaban J connectivity index is 2.12. The fourth-order valence-corrected chi connectivity index (χ4v) is 1.83. The van der Waals surface area contributed by atoms with Gasteiger partial charge in [0.25, 0.3) is 0 Å². The lowest BCUT2D eigenvalue weighted by atomic mass is 9.92. The van der Waals surface area contributed by atoms with Crippen molar-refractivity contribution in [2.75, 3.05) is 24.6 Å². The molecule has 0 bridgehead atoms. The summed E-state index contributed by atoms with van der Waals surface area (Å²) >= 11 is 0. The van der Waals surface area contributed by atoms with Gasteiger partial charge in [0.1, 0.15) is 0 Å². The van der Waals surface area contributed by atoms with Crippen LogP contribution in [-0.4, -0.2) is 29.5 Å². The average molecular weight is 261 g/mol. The number of nitrogens with two attached hydrogens (primary N) is 1. The summed E-state index contributed by atoms with van der Waals surface area (Å²) in [6.07, 6.45) is 0. The Hall–Kier alpha value is -2.24. The lowest BCUT2D eigenvalue weighted by molar-refractivity contribution is -0.128. The second kappa shape index (κ2) is 4.79. The van der Waals surface area contributed by atoms with Crippen LogP contribution in [0.1, 0.15) is 13.8 Å². The topological polar surface area (TPSA) is 95.8 Å². The minimum absolute atomic E-state index is 0.0136. The highest BCUT2D eigenvalue weighted by Crippen LogP contribution is 2.19. The molecule has 1 aromatic carbocycles. The van der Waals surface area contributed by atoms with Crippen molar-refractivity contribution in [2.24, 2.45) is 5.41 Å². The molecule has 0 saturated carbocycles. The van der Waals surface area contributed by atoms with Gasteiger partial charge in [-0.05, 0) is 32.0 Å². The number of imidazole rings is 1. The van der Waals surface area contributed by atoms with E-state index in [1.807, 2.05) is 26.0 Å². The Morgan fingerprint density at radius 1 is 1.47 bits per heavy atom. The van der Waals surface area contributed by atoms with Crippen molar-refractivity contribution in [1.82, 2.24) is 15.3 Å². The Morgan fingerprint density at radius 2 is 2.21 bits per heavy atom. The molecule has 1 heterocycles. The molecule has 0 aliphatic carbocycles. The first-order valence-electron chi connectivity index (χ1n) is 6.14. The van der Waals surface area contributed by atoms with Gasteiger partial charge in [-0.2, -0.15) is 0 Å². The van der Waals surface area contributed by atoms with Gasteiger partial charge in [0.2, 0.25) is 11.9 Å². The van der Waals surface area contributed by atoms with Crippen molar-refractivity contribution >= 4 is 28.6 Å². The van der Waals surface area contributed by atoms with E-state index in [9.17, 15) is 4.79 Å². The maximum absolute atomic E-state index is 11.7. The third kappa shape index (κ3) is 2.78. The van der Waals surface area contributed by atoms with Crippen LogP contribution in [0.3, 0.4) is 0 Å². The predicted molar refractivity (Wildman–Crippen MR) is 76.8 cm³/mol. The third-order valence-electron chi connectivity index (χ3n) is 3.05. The third-order valence-corrected chi connectivity index (χ3v) is 3.05. The summed E-state index contributed by atoms with van der Waals surface area (Å²) in [6, 6.07) is 5.50. The second-order valence-electron chi connectivity index (χ2n) is 5.18. The Morgan fingerprint density at radius 3 is 2.89 bits per heavy atom. The van der Waals surface area contributed by atoms with E-state index in [1.165, 1.54) is 0 Å². The summed E-state index contributed by atoms with van der Waals surface area (Å²) in [7, 11) is 1.63. The molecule has 0 spiro atoms. The molecule has 0 aliphatic heterocycles. The number of aromatic nitrogens is 2. The normalized spacial score (nSPS) is 11.5. The molecule has 1 aromatic heterocycles. The number of H-pyrrole nitrogens is 1. The van der Waals surface area contributed by atoms with Gasteiger partial charge in [-0.1, -0.05) is 0 Å². The molecule has 2 rings (SSSR count). The van der Waals surface area contributed by atoms with Crippen LogP contribution in [-0.2, 0) is 4.79 Å². The molecule has 6 nitrogen and oxygen atoms in total. The summed E-state index contributed by atoms with van der Waals surface area (Å²) in [5, 5.41) is 5.79. The maximum Gasteiger partial charge on any atom is 0.227 e. The lowest BCUT2D eigenvalue weighted by Crippen LogP contribution is -2.39. The Kier molecular flexibility index (Phi) is 3.33. The highest BCUT2D eigenvalue weighted by molar-refractivity contribution is 5.83. The van der Waals surface area contributed by atoms with E-state index in [-0.39, 0.29) is 5.91 Å². The fourth-order valence-electron chi connectivity index (χ4n) is 1.83. The van der Waals surface area contributed by atoms with Gasteiger partial charge < -0.3 is 21.4 Å². The van der Waals surface area contributed by atoms with Crippen molar-refractivity contribution in [1.29, 1.82) is 0 Å². The zero-order chi connectivity index (χ0) is 14.0. The largest absolute Gasteiger partial charge is 0.399 e. The van der Waals surface area contributed by atoms with Crippen LogP contribution in [0.2, 0.25) is 0 Å². The van der Waals surface area contributed by atoms with Gasteiger partial charge in [-0.15, -0.1) is 0 Å². The standard InChI is InChI=1S/C13H19N5O/c1-13(2,11(19)15-3)7-16-12-17-9-5-4-8(14)6-10(9)18-12/h4-6H,7,14H2,1-3H3,(H,15,19)(H2,16,17,18). The molecule has 0 saturated heterocycles. The van der Waals surface area contributed by atoms with Crippen LogP contribution in [0.25, 0.3) is 11.0 Å². The number of amides is 1. The zero-order valence-electron chi connectivity index (χ0n) is 11.4. The molecule has 5 N–H and O–H groups in total. The van der Waals surface area contributed by atoms with E-state index in [0.717, 1.165) is 11.0 Å². The summed E-state index contributed by atoms with van der Waals surface area (Å²) in [5.41, 5.74) is 7.61. The van der Waals surface area contributed by atoms with Crippen molar-refractivity contribution in [3.8, 4) is 0 Å². The van der Waals surface area contributed by atoms with E-state index in [4.69, 9.17) is 5.73 Å². The number of carbonyl (C=O) groups is 1. The monoisotopic (exact) mass is 261 g/mol. The quantitative estimate of drug-likeness (QED) is 0.624. The highest BCUT2D eigenvalue weighted by Gasteiger charge is 2.26. The van der Waals surface area contributed by atoms with E-state index < -0.39 is 5.41 Å². The van der Waals surface area contributed by atoms with Gasteiger partial charge >= 0.3 is 0 Å². The maximum atomic E-state index is 11.7. The van der Waals surface area contributed by atoms with Crippen LogP contribution < -0.4 is 16.4 Å². The van der Waals surface area contributed by atoms with Gasteiger partial charge in [0.15, 0.2) is 0 Å². The molecule has 0 fully saturated rings. The molecule has 1 amide bonds. The van der Waals surface area contributed by atoms with E-state index >= 15 is 0 Å². The van der Waals surface area contributed by atoms with E-state index in [1.54, 1.807) is 13.1 Å². The van der Waals surface area contributed by atoms with Crippen LogP contribution >= 0.6 is 0 Å². The van der Waals surface area contributed by atoms with Gasteiger partial charge in [0, 0.05) is 19.3 Å². The molecule has 0 unspecified atom stereocenters. The number of benzene rings is 1. The number of aromatic amines is 1. The van der Waals surface area contributed by atoms with Crippen LogP contribution in [0, 0.1) is 5.41 Å². The Bertz CT molecular complexity index is 602. The Labute approximate surface area is 111 Å². The lowest BCUT2D eigenvalue weighted by Gasteiger charge is -2.22. The minimum atomic E-state index is -0.507. The molecule has 0 atom stereocenters.